The van der Waals surface area contributed by atoms with E-state index in [-0.39, 0.29) is 5.91 Å². The minimum atomic E-state index is -0.518. The molecule has 2 aromatic rings. The summed E-state index contributed by atoms with van der Waals surface area (Å²) in [6.45, 7) is 6.01. The van der Waals surface area contributed by atoms with E-state index in [1.807, 2.05) is 48.5 Å². The largest absolute Gasteiger partial charge is 0.465 e. The number of esters is 1. The van der Waals surface area contributed by atoms with Gasteiger partial charge in [-0.2, -0.15) is 0 Å². The Labute approximate surface area is 173 Å². The van der Waals surface area contributed by atoms with Gasteiger partial charge in [-0.15, -0.1) is 0 Å². The molecule has 0 fully saturated rings. The summed E-state index contributed by atoms with van der Waals surface area (Å²) in [5, 5.41) is 0. The van der Waals surface area contributed by atoms with Crippen LogP contribution in [0.1, 0.15) is 37.8 Å². The second-order valence-electron chi connectivity index (χ2n) is 6.95. The van der Waals surface area contributed by atoms with Gasteiger partial charge in [-0.25, -0.2) is 4.79 Å². The fourth-order valence-corrected chi connectivity index (χ4v) is 3.49. The third-order valence-electron chi connectivity index (χ3n) is 4.79. The van der Waals surface area contributed by atoms with Gasteiger partial charge in [0.2, 0.25) is 0 Å². The first kappa shape index (κ1) is 20.1. The number of amides is 1. The van der Waals surface area contributed by atoms with Crippen molar-refractivity contribution in [1.82, 2.24) is 0 Å². The fourth-order valence-electron chi connectivity index (χ4n) is 3.22. The van der Waals surface area contributed by atoms with E-state index in [1.165, 1.54) is 12.7 Å². The number of nitrogens with zero attached hydrogens (tertiary/aromatic N) is 1. The van der Waals surface area contributed by atoms with Gasteiger partial charge in [-0.3, -0.25) is 9.69 Å². The second-order valence-corrected chi connectivity index (χ2v) is 7.86. The van der Waals surface area contributed by atoms with Crippen LogP contribution in [0.4, 0.5) is 5.69 Å². The van der Waals surface area contributed by atoms with Crippen molar-refractivity contribution in [3.63, 3.8) is 0 Å². The zero-order chi connectivity index (χ0) is 20.4. The fraction of sp³-hybridized carbons (Fsp3) is 0.217. The molecule has 0 atom stereocenters. The van der Waals surface area contributed by atoms with Gasteiger partial charge in [0.1, 0.15) is 0 Å². The Kier molecular flexibility index (Phi) is 5.84. The quantitative estimate of drug-likeness (QED) is 0.469. The van der Waals surface area contributed by atoms with E-state index in [0.29, 0.717) is 22.8 Å². The molecule has 5 heteroatoms. The van der Waals surface area contributed by atoms with Gasteiger partial charge in [0.15, 0.2) is 0 Å². The molecule has 0 saturated carbocycles. The van der Waals surface area contributed by atoms with Crippen LogP contribution in [0, 0.1) is 0 Å². The molecule has 1 aliphatic heterocycles. The SMILES string of the molecule is COC(=O)C1=C(C)N(c2ccc(C(C)C)cc2)C(=O)/C1=C\c1ccc(Br)cc1. The number of carbonyl (C=O) groups is 2. The normalized spacial score (nSPS) is 15.7. The van der Waals surface area contributed by atoms with Crippen LogP contribution < -0.4 is 4.90 Å². The maximum atomic E-state index is 13.2. The molecule has 3 rings (SSSR count). The Bertz CT molecular complexity index is 970. The first-order valence-electron chi connectivity index (χ1n) is 9.04. The molecule has 144 valence electrons. The maximum Gasteiger partial charge on any atom is 0.340 e. The third-order valence-corrected chi connectivity index (χ3v) is 5.32. The summed E-state index contributed by atoms with van der Waals surface area (Å²) in [7, 11) is 1.32. The van der Waals surface area contributed by atoms with E-state index in [2.05, 4.69) is 29.8 Å². The summed E-state index contributed by atoms with van der Waals surface area (Å²) in [6.07, 6.45) is 1.73. The summed E-state index contributed by atoms with van der Waals surface area (Å²) in [6, 6.07) is 15.4. The van der Waals surface area contributed by atoms with Gasteiger partial charge in [-0.1, -0.05) is 54.0 Å². The molecule has 2 aromatic carbocycles. The van der Waals surface area contributed by atoms with Gasteiger partial charge >= 0.3 is 5.97 Å². The molecule has 0 aliphatic carbocycles. The number of methoxy groups -OCH3 is 1. The average molecular weight is 440 g/mol. The Hall–Kier alpha value is -2.66. The molecule has 0 saturated heterocycles. The van der Waals surface area contributed by atoms with Crippen LogP contribution in [-0.4, -0.2) is 19.0 Å². The highest BCUT2D eigenvalue weighted by molar-refractivity contribution is 9.10. The van der Waals surface area contributed by atoms with Gasteiger partial charge in [0.25, 0.3) is 5.91 Å². The zero-order valence-corrected chi connectivity index (χ0v) is 17.9. The first-order chi connectivity index (χ1) is 13.3. The van der Waals surface area contributed by atoms with Gasteiger partial charge in [0.05, 0.1) is 18.3 Å². The van der Waals surface area contributed by atoms with Crippen molar-refractivity contribution in [2.75, 3.05) is 12.0 Å². The van der Waals surface area contributed by atoms with E-state index in [1.54, 1.807) is 17.9 Å². The van der Waals surface area contributed by atoms with E-state index < -0.39 is 5.97 Å². The van der Waals surface area contributed by atoms with Crippen LogP contribution in [-0.2, 0) is 14.3 Å². The highest BCUT2D eigenvalue weighted by Gasteiger charge is 2.37. The van der Waals surface area contributed by atoms with Gasteiger partial charge < -0.3 is 4.74 Å². The minimum absolute atomic E-state index is 0.238. The summed E-state index contributed by atoms with van der Waals surface area (Å²) in [5.41, 5.74) is 3.95. The number of carbonyl (C=O) groups excluding carboxylic acids is 2. The minimum Gasteiger partial charge on any atom is -0.465 e. The molecule has 0 spiro atoms. The monoisotopic (exact) mass is 439 g/mol. The van der Waals surface area contributed by atoms with Crippen LogP contribution in [0.3, 0.4) is 0 Å². The summed E-state index contributed by atoms with van der Waals surface area (Å²) in [5.74, 6) is -0.355. The molecule has 0 aromatic heterocycles. The topological polar surface area (TPSA) is 46.6 Å². The number of halogens is 1. The van der Waals surface area contributed by atoms with E-state index in [0.717, 1.165) is 15.7 Å². The molecule has 1 amide bonds. The average Bonchev–Trinajstić information content (AvgIpc) is 2.93. The van der Waals surface area contributed by atoms with Crippen LogP contribution in [0.15, 0.2) is 69.8 Å². The molecular weight excluding hydrogens is 418 g/mol. The number of anilines is 1. The van der Waals surface area contributed by atoms with Crippen LogP contribution in [0.2, 0.25) is 0 Å². The zero-order valence-electron chi connectivity index (χ0n) is 16.3. The van der Waals surface area contributed by atoms with E-state index >= 15 is 0 Å². The van der Waals surface area contributed by atoms with Crippen LogP contribution in [0.25, 0.3) is 6.08 Å². The van der Waals surface area contributed by atoms with E-state index in [4.69, 9.17) is 4.74 Å². The molecule has 0 unspecified atom stereocenters. The van der Waals surface area contributed by atoms with Crippen molar-refractivity contribution < 1.29 is 14.3 Å². The number of benzene rings is 2. The number of ether oxygens (including phenoxy) is 1. The summed E-state index contributed by atoms with van der Waals surface area (Å²) in [4.78, 5) is 27.2. The van der Waals surface area contributed by atoms with Crippen molar-refractivity contribution in [2.45, 2.75) is 26.7 Å². The maximum absolute atomic E-state index is 13.2. The van der Waals surface area contributed by atoms with Crippen molar-refractivity contribution in [1.29, 1.82) is 0 Å². The predicted octanol–water partition coefficient (Wildman–Crippen LogP) is 5.45. The van der Waals surface area contributed by atoms with Crippen LogP contribution >= 0.6 is 15.9 Å². The first-order valence-corrected chi connectivity index (χ1v) is 9.84. The number of hydrogen-bond donors (Lipinski definition) is 0. The number of allylic oxidation sites excluding steroid dienone is 1. The van der Waals surface area contributed by atoms with Crippen LogP contribution in [0.5, 0.6) is 0 Å². The van der Waals surface area contributed by atoms with Crippen molar-refractivity contribution in [2.24, 2.45) is 0 Å². The molecule has 4 nitrogen and oxygen atoms in total. The summed E-state index contributed by atoms with van der Waals surface area (Å²) < 4.78 is 5.89. The Morgan fingerprint density at radius 2 is 1.68 bits per heavy atom. The highest BCUT2D eigenvalue weighted by atomic mass is 79.9. The number of rotatable bonds is 4. The van der Waals surface area contributed by atoms with Crippen molar-refractivity contribution >= 4 is 39.6 Å². The van der Waals surface area contributed by atoms with Gasteiger partial charge in [-0.05, 0) is 54.3 Å². The Morgan fingerprint density at radius 1 is 1.07 bits per heavy atom. The smallest absolute Gasteiger partial charge is 0.340 e. The molecule has 0 N–H and O–H groups in total. The third kappa shape index (κ3) is 3.80. The Morgan fingerprint density at radius 3 is 2.21 bits per heavy atom. The Balaban J connectivity index is 2.08. The molecule has 0 radical (unpaired) electrons. The molecule has 28 heavy (non-hydrogen) atoms. The van der Waals surface area contributed by atoms with Crippen molar-refractivity contribution in [3.05, 3.63) is 81.0 Å². The molecule has 0 bridgehead atoms. The molecule has 1 heterocycles. The molecule has 1 aliphatic rings. The van der Waals surface area contributed by atoms with E-state index in [9.17, 15) is 9.59 Å². The van der Waals surface area contributed by atoms with Gasteiger partial charge in [0, 0.05) is 15.9 Å². The van der Waals surface area contributed by atoms with Crippen molar-refractivity contribution in [3.8, 4) is 0 Å². The lowest BCUT2D eigenvalue weighted by Crippen LogP contribution is -2.24. The highest BCUT2D eigenvalue weighted by Crippen LogP contribution is 2.36. The lowest BCUT2D eigenvalue weighted by molar-refractivity contribution is -0.136. The molecular formula is C23H22BrNO3. The second kappa shape index (κ2) is 8.15. The lowest BCUT2D eigenvalue weighted by Gasteiger charge is -2.19. The lowest BCUT2D eigenvalue weighted by atomic mass is 10.0. The standard InChI is InChI=1S/C23H22BrNO3/c1-14(2)17-7-11-19(12-8-17)25-15(3)21(23(27)28-4)20(22(25)26)13-16-5-9-18(24)10-6-16/h5-14H,1-4H3/b20-13-. The number of hydrogen-bond acceptors (Lipinski definition) is 3. The summed E-state index contributed by atoms with van der Waals surface area (Å²) >= 11 is 3.40. The predicted molar refractivity (Wildman–Crippen MR) is 115 cm³/mol.